The third-order valence-electron chi connectivity index (χ3n) is 4.05. The van der Waals surface area contributed by atoms with Gasteiger partial charge in [0.1, 0.15) is 10.8 Å². The maximum atomic E-state index is 13.2. The van der Waals surface area contributed by atoms with Gasteiger partial charge in [-0.2, -0.15) is 0 Å². The molecule has 98 valence electrons. The Morgan fingerprint density at radius 2 is 2.11 bits per heavy atom. The summed E-state index contributed by atoms with van der Waals surface area (Å²) in [4.78, 5) is 0.232. The summed E-state index contributed by atoms with van der Waals surface area (Å²) in [5.41, 5.74) is 7.08. The minimum Gasteiger partial charge on any atom is -0.389 e. The van der Waals surface area contributed by atoms with Crippen LogP contribution in [-0.2, 0) is 0 Å². The molecule has 0 aromatic heterocycles. The van der Waals surface area contributed by atoms with Crippen LogP contribution in [0.1, 0.15) is 32.3 Å². The van der Waals surface area contributed by atoms with E-state index in [-0.39, 0.29) is 10.8 Å². The summed E-state index contributed by atoms with van der Waals surface area (Å²) < 4.78 is 13.2. The molecule has 1 aliphatic rings. The van der Waals surface area contributed by atoms with Crippen LogP contribution in [0.2, 0.25) is 0 Å². The predicted octanol–water partition coefficient (Wildman–Crippen LogP) is 3.31. The molecule has 1 aromatic carbocycles. The molecule has 3 N–H and O–H groups in total. The van der Waals surface area contributed by atoms with Gasteiger partial charge in [-0.15, -0.1) is 0 Å². The summed E-state index contributed by atoms with van der Waals surface area (Å²) in [5, 5.41) is 3.46. The molecule has 3 atom stereocenters. The summed E-state index contributed by atoms with van der Waals surface area (Å²) in [6.07, 6.45) is 2.36. The van der Waals surface area contributed by atoms with Crippen LogP contribution < -0.4 is 11.1 Å². The van der Waals surface area contributed by atoms with Crippen LogP contribution in [0.3, 0.4) is 0 Å². The molecule has 0 saturated heterocycles. The summed E-state index contributed by atoms with van der Waals surface area (Å²) in [7, 11) is 0. The van der Waals surface area contributed by atoms with Crippen molar-refractivity contribution >= 4 is 22.9 Å². The molecule has 1 aromatic rings. The normalized spacial score (nSPS) is 27.2. The lowest BCUT2D eigenvalue weighted by molar-refractivity contribution is 0.435. The molecule has 1 saturated carbocycles. The molecule has 0 spiro atoms. The number of anilines is 1. The van der Waals surface area contributed by atoms with E-state index in [1.807, 2.05) is 0 Å². The Morgan fingerprint density at radius 1 is 1.39 bits per heavy atom. The van der Waals surface area contributed by atoms with Crippen molar-refractivity contribution in [1.82, 2.24) is 0 Å². The highest BCUT2D eigenvalue weighted by atomic mass is 32.1. The lowest BCUT2D eigenvalue weighted by atomic mass is 9.97. The van der Waals surface area contributed by atoms with E-state index >= 15 is 0 Å². The fourth-order valence-corrected chi connectivity index (χ4v) is 2.78. The molecule has 2 nitrogen and oxygen atoms in total. The largest absolute Gasteiger partial charge is 0.389 e. The maximum Gasteiger partial charge on any atom is 0.124 e. The molecule has 4 heteroatoms. The van der Waals surface area contributed by atoms with E-state index in [1.54, 1.807) is 6.07 Å². The first-order valence-electron chi connectivity index (χ1n) is 6.35. The van der Waals surface area contributed by atoms with Crippen molar-refractivity contribution in [2.75, 3.05) is 5.32 Å². The molecule has 1 fully saturated rings. The SMILES string of the molecule is CC1CCC(Nc2ccc(F)cc2C(N)=S)C1C. The van der Waals surface area contributed by atoms with Gasteiger partial charge in [-0.05, 0) is 42.9 Å². The average molecular weight is 266 g/mol. The summed E-state index contributed by atoms with van der Waals surface area (Å²) in [5.74, 6) is 1.02. The highest BCUT2D eigenvalue weighted by Gasteiger charge is 2.30. The number of rotatable bonds is 3. The highest BCUT2D eigenvalue weighted by Crippen LogP contribution is 2.34. The first kappa shape index (κ1) is 13.3. The summed E-state index contributed by atoms with van der Waals surface area (Å²) >= 11 is 4.97. The van der Waals surface area contributed by atoms with Gasteiger partial charge in [0.05, 0.1) is 0 Å². The van der Waals surface area contributed by atoms with Crippen LogP contribution in [0.15, 0.2) is 18.2 Å². The van der Waals surface area contributed by atoms with Crippen molar-refractivity contribution in [3.8, 4) is 0 Å². The van der Waals surface area contributed by atoms with Gasteiger partial charge >= 0.3 is 0 Å². The van der Waals surface area contributed by atoms with E-state index in [2.05, 4.69) is 19.2 Å². The van der Waals surface area contributed by atoms with E-state index in [4.69, 9.17) is 18.0 Å². The quantitative estimate of drug-likeness (QED) is 0.824. The Kier molecular flexibility index (Phi) is 3.85. The standard InChI is InChI=1S/C14H19FN2S/c1-8-3-5-12(9(8)2)17-13-6-4-10(15)7-11(13)14(16)18/h4,6-9,12,17H,3,5H2,1-2H3,(H2,16,18). The zero-order valence-electron chi connectivity index (χ0n) is 10.7. The van der Waals surface area contributed by atoms with Gasteiger partial charge in [0.15, 0.2) is 0 Å². The Hall–Kier alpha value is -1.16. The molecular formula is C14H19FN2S. The highest BCUT2D eigenvalue weighted by molar-refractivity contribution is 7.80. The third-order valence-corrected chi connectivity index (χ3v) is 4.27. The first-order valence-corrected chi connectivity index (χ1v) is 6.75. The van der Waals surface area contributed by atoms with Crippen LogP contribution in [0.25, 0.3) is 0 Å². The van der Waals surface area contributed by atoms with Crippen molar-refractivity contribution in [1.29, 1.82) is 0 Å². The van der Waals surface area contributed by atoms with E-state index in [0.29, 0.717) is 17.5 Å². The third kappa shape index (κ3) is 2.64. The maximum absolute atomic E-state index is 13.2. The number of hydrogen-bond donors (Lipinski definition) is 2. The summed E-state index contributed by atoms with van der Waals surface area (Å²) in [6, 6.07) is 4.97. The van der Waals surface area contributed by atoms with Crippen LogP contribution >= 0.6 is 12.2 Å². The minimum atomic E-state index is -0.309. The Balaban J connectivity index is 2.21. The second kappa shape index (κ2) is 5.22. The number of hydrogen-bond acceptors (Lipinski definition) is 2. The van der Waals surface area contributed by atoms with Gasteiger partial charge in [-0.1, -0.05) is 26.1 Å². The van der Waals surface area contributed by atoms with Gasteiger partial charge in [0, 0.05) is 17.3 Å². The number of nitrogens with two attached hydrogens (primary N) is 1. The van der Waals surface area contributed by atoms with Gasteiger partial charge in [0.25, 0.3) is 0 Å². The zero-order chi connectivity index (χ0) is 13.3. The van der Waals surface area contributed by atoms with E-state index < -0.39 is 0 Å². The van der Waals surface area contributed by atoms with Crippen LogP contribution in [0.4, 0.5) is 10.1 Å². The van der Waals surface area contributed by atoms with Gasteiger partial charge in [-0.25, -0.2) is 4.39 Å². The Morgan fingerprint density at radius 3 is 2.67 bits per heavy atom. The van der Waals surface area contributed by atoms with E-state index in [9.17, 15) is 4.39 Å². The first-order chi connectivity index (χ1) is 8.49. The molecule has 0 aliphatic heterocycles. The van der Waals surface area contributed by atoms with Gasteiger partial charge in [0.2, 0.25) is 0 Å². The average Bonchev–Trinajstić information content (AvgIpc) is 2.63. The van der Waals surface area contributed by atoms with Gasteiger partial charge in [-0.3, -0.25) is 0 Å². The fourth-order valence-electron chi connectivity index (χ4n) is 2.61. The second-order valence-corrected chi connectivity index (χ2v) is 5.66. The van der Waals surface area contributed by atoms with Crippen molar-refractivity contribution < 1.29 is 4.39 Å². The molecule has 1 aliphatic carbocycles. The monoisotopic (exact) mass is 266 g/mol. The van der Waals surface area contributed by atoms with Gasteiger partial charge < -0.3 is 11.1 Å². The molecule has 0 amide bonds. The Bertz CT molecular complexity index is 461. The molecule has 18 heavy (non-hydrogen) atoms. The minimum absolute atomic E-state index is 0.232. The van der Waals surface area contributed by atoms with Crippen molar-refractivity contribution in [3.05, 3.63) is 29.6 Å². The van der Waals surface area contributed by atoms with Crippen LogP contribution in [0.5, 0.6) is 0 Å². The number of nitrogens with one attached hydrogen (secondary N) is 1. The summed E-state index contributed by atoms with van der Waals surface area (Å²) in [6.45, 7) is 4.52. The predicted molar refractivity (Wildman–Crippen MR) is 77.3 cm³/mol. The number of benzene rings is 1. The zero-order valence-corrected chi connectivity index (χ0v) is 11.6. The van der Waals surface area contributed by atoms with Crippen molar-refractivity contribution in [3.63, 3.8) is 0 Å². The van der Waals surface area contributed by atoms with Crippen LogP contribution in [0, 0.1) is 17.7 Å². The molecular weight excluding hydrogens is 247 g/mol. The molecule has 2 rings (SSSR count). The number of thiocarbonyl (C=S) groups is 1. The molecule has 0 heterocycles. The molecule has 0 bridgehead atoms. The lowest BCUT2D eigenvalue weighted by Crippen LogP contribution is -2.25. The molecule has 3 unspecified atom stereocenters. The molecule has 0 radical (unpaired) electrons. The van der Waals surface area contributed by atoms with Crippen molar-refractivity contribution in [2.24, 2.45) is 17.6 Å². The smallest absolute Gasteiger partial charge is 0.124 e. The lowest BCUT2D eigenvalue weighted by Gasteiger charge is -2.22. The van der Waals surface area contributed by atoms with Crippen molar-refractivity contribution in [2.45, 2.75) is 32.7 Å². The second-order valence-electron chi connectivity index (χ2n) is 5.22. The fraction of sp³-hybridized carbons (Fsp3) is 0.500. The Labute approximate surface area is 113 Å². The topological polar surface area (TPSA) is 38.0 Å². The number of halogens is 1. The van der Waals surface area contributed by atoms with E-state index in [0.717, 1.165) is 18.0 Å². The van der Waals surface area contributed by atoms with Crippen LogP contribution in [-0.4, -0.2) is 11.0 Å². The van der Waals surface area contributed by atoms with E-state index in [1.165, 1.54) is 18.6 Å².